The van der Waals surface area contributed by atoms with E-state index in [0.29, 0.717) is 12.5 Å². The average molecular weight is 347 g/mol. The van der Waals surface area contributed by atoms with Gasteiger partial charge in [-0.25, -0.2) is 4.79 Å². The number of morpholine rings is 1. The molecule has 2 heterocycles. The number of benzene rings is 1. The molecule has 2 atom stereocenters. The van der Waals surface area contributed by atoms with Crippen molar-refractivity contribution < 1.29 is 14.4 Å². The quantitative estimate of drug-likeness (QED) is 0.791. The zero-order chi connectivity index (χ0) is 17.8. The molecule has 6 heteroatoms. The van der Waals surface area contributed by atoms with Crippen LogP contribution in [0.25, 0.3) is 0 Å². The van der Waals surface area contributed by atoms with E-state index in [4.69, 9.17) is 9.57 Å². The van der Waals surface area contributed by atoms with Crippen LogP contribution in [0.5, 0.6) is 0 Å². The van der Waals surface area contributed by atoms with Gasteiger partial charge in [-0.1, -0.05) is 44.2 Å². The van der Waals surface area contributed by atoms with Crippen LogP contribution in [-0.4, -0.2) is 72.9 Å². The third kappa shape index (κ3) is 3.97. The Morgan fingerprint density at radius 3 is 2.48 bits per heavy atom. The van der Waals surface area contributed by atoms with Crippen molar-refractivity contribution >= 4 is 6.03 Å². The molecule has 3 rings (SSSR count). The van der Waals surface area contributed by atoms with Crippen molar-refractivity contribution in [3.8, 4) is 0 Å². The van der Waals surface area contributed by atoms with Crippen LogP contribution in [0.2, 0.25) is 0 Å². The fourth-order valence-electron chi connectivity index (χ4n) is 3.94. The molecule has 2 aliphatic heterocycles. The van der Waals surface area contributed by atoms with Gasteiger partial charge in [-0.2, -0.15) is 5.06 Å². The fourth-order valence-corrected chi connectivity index (χ4v) is 3.94. The lowest BCUT2D eigenvalue weighted by Crippen LogP contribution is -2.50. The summed E-state index contributed by atoms with van der Waals surface area (Å²) in [7, 11) is 1.59. The number of hydrogen-bond acceptors (Lipinski definition) is 4. The SMILES string of the molecule is CON1C(=O)N(Cc2ccccc2)[C@@H](C(C)C)[C@@H]1CN1CCOCC1. The van der Waals surface area contributed by atoms with Crippen LogP contribution in [0.4, 0.5) is 4.79 Å². The highest BCUT2D eigenvalue weighted by Gasteiger charge is 2.48. The maximum Gasteiger partial charge on any atom is 0.344 e. The van der Waals surface area contributed by atoms with Crippen molar-refractivity contribution in [2.45, 2.75) is 32.5 Å². The van der Waals surface area contributed by atoms with Gasteiger partial charge in [-0.3, -0.25) is 9.74 Å². The number of carbonyl (C=O) groups is 1. The normalized spacial score (nSPS) is 25.2. The number of amides is 2. The summed E-state index contributed by atoms with van der Waals surface area (Å²) in [4.78, 5) is 22.8. The van der Waals surface area contributed by atoms with Crippen LogP contribution in [0.1, 0.15) is 19.4 Å². The Kier molecular flexibility index (Phi) is 5.93. The Hall–Kier alpha value is -1.63. The Morgan fingerprint density at radius 2 is 1.88 bits per heavy atom. The molecule has 2 fully saturated rings. The predicted octanol–water partition coefficient (Wildman–Crippen LogP) is 2.21. The second-order valence-electron chi connectivity index (χ2n) is 7.12. The van der Waals surface area contributed by atoms with Gasteiger partial charge >= 0.3 is 6.03 Å². The molecule has 25 heavy (non-hydrogen) atoms. The zero-order valence-electron chi connectivity index (χ0n) is 15.4. The summed E-state index contributed by atoms with van der Waals surface area (Å²) in [5.41, 5.74) is 1.14. The first-order valence-electron chi connectivity index (χ1n) is 9.09. The molecule has 0 spiro atoms. The molecule has 2 aliphatic rings. The van der Waals surface area contributed by atoms with Gasteiger partial charge in [0.05, 0.1) is 32.4 Å². The maximum atomic E-state index is 13.0. The van der Waals surface area contributed by atoms with E-state index in [1.165, 1.54) is 0 Å². The van der Waals surface area contributed by atoms with E-state index in [2.05, 4.69) is 30.9 Å². The van der Waals surface area contributed by atoms with Gasteiger partial charge in [-0.05, 0) is 11.5 Å². The number of ether oxygens (including phenoxy) is 1. The Labute approximate surface area is 150 Å². The van der Waals surface area contributed by atoms with Gasteiger partial charge in [0.2, 0.25) is 0 Å². The summed E-state index contributed by atoms with van der Waals surface area (Å²) in [6, 6.07) is 10.3. The van der Waals surface area contributed by atoms with Crippen LogP contribution < -0.4 is 0 Å². The van der Waals surface area contributed by atoms with Crippen molar-refractivity contribution in [3.63, 3.8) is 0 Å². The molecular formula is C19H29N3O3. The number of rotatable bonds is 6. The summed E-state index contributed by atoms with van der Waals surface area (Å²) < 4.78 is 5.45. The van der Waals surface area contributed by atoms with Crippen molar-refractivity contribution in [2.24, 2.45) is 5.92 Å². The lowest BCUT2D eigenvalue weighted by Gasteiger charge is -2.35. The van der Waals surface area contributed by atoms with E-state index in [-0.39, 0.29) is 18.1 Å². The van der Waals surface area contributed by atoms with E-state index in [1.54, 1.807) is 12.2 Å². The minimum atomic E-state index is -0.0386. The summed E-state index contributed by atoms with van der Waals surface area (Å²) in [5.74, 6) is 0.346. The van der Waals surface area contributed by atoms with Gasteiger partial charge in [0.25, 0.3) is 0 Å². The van der Waals surface area contributed by atoms with Crippen LogP contribution in [-0.2, 0) is 16.1 Å². The largest absolute Gasteiger partial charge is 0.379 e. The van der Waals surface area contributed by atoms with Gasteiger partial charge in [0, 0.05) is 26.2 Å². The van der Waals surface area contributed by atoms with Crippen LogP contribution >= 0.6 is 0 Å². The summed E-state index contributed by atoms with van der Waals surface area (Å²) >= 11 is 0. The molecule has 0 aromatic heterocycles. The summed E-state index contributed by atoms with van der Waals surface area (Å²) in [6.45, 7) is 9.13. The van der Waals surface area contributed by atoms with Gasteiger partial charge < -0.3 is 9.64 Å². The zero-order valence-corrected chi connectivity index (χ0v) is 15.4. The van der Waals surface area contributed by atoms with E-state index >= 15 is 0 Å². The van der Waals surface area contributed by atoms with E-state index in [9.17, 15) is 4.79 Å². The van der Waals surface area contributed by atoms with E-state index in [0.717, 1.165) is 38.4 Å². The second-order valence-corrected chi connectivity index (χ2v) is 7.12. The lowest BCUT2D eigenvalue weighted by atomic mass is 9.95. The number of carbonyl (C=O) groups excluding carboxylic acids is 1. The summed E-state index contributed by atoms with van der Waals surface area (Å²) in [5, 5.41) is 1.57. The molecule has 2 saturated heterocycles. The minimum absolute atomic E-state index is 0.0271. The van der Waals surface area contributed by atoms with Crippen LogP contribution in [0.3, 0.4) is 0 Å². The van der Waals surface area contributed by atoms with Crippen molar-refractivity contribution in [1.29, 1.82) is 0 Å². The van der Waals surface area contributed by atoms with Gasteiger partial charge in [-0.15, -0.1) is 0 Å². The van der Waals surface area contributed by atoms with Crippen molar-refractivity contribution in [1.82, 2.24) is 14.9 Å². The maximum absolute atomic E-state index is 13.0. The molecule has 0 aliphatic carbocycles. The third-order valence-electron chi connectivity index (χ3n) is 5.11. The highest BCUT2D eigenvalue weighted by atomic mass is 16.7. The highest BCUT2D eigenvalue weighted by molar-refractivity contribution is 5.77. The van der Waals surface area contributed by atoms with Gasteiger partial charge in [0.15, 0.2) is 0 Å². The molecule has 0 bridgehead atoms. The minimum Gasteiger partial charge on any atom is -0.379 e. The predicted molar refractivity (Wildman–Crippen MR) is 95.9 cm³/mol. The highest BCUT2D eigenvalue weighted by Crippen LogP contribution is 2.30. The molecule has 1 aromatic carbocycles. The second kappa shape index (κ2) is 8.17. The molecular weight excluding hydrogens is 318 g/mol. The monoisotopic (exact) mass is 347 g/mol. The number of hydroxylamine groups is 2. The number of urea groups is 1. The molecule has 138 valence electrons. The van der Waals surface area contributed by atoms with Gasteiger partial charge in [0.1, 0.15) is 0 Å². The molecule has 2 amide bonds. The number of hydrogen-bond donors (Lipinski definition) is 0. The molecule has 1 aromatic rings. The molecule has 0 saturated carbocycles. The Balaban J connectivity index is 1.80. The Morgan fingerprint density at radius 1 is 1.20 bits per heavy atom. The number of nitrogens with zero attached hydrogens (tertiary/aromatic N) is 3. The van der Waals surface area contributed by atoms with E-state index < -0.39 is 0 Å². The lowest BCUT2D eigenvalue weighted by molar-refractivity contribution is -0.114. The Bertz CT molecular complexity index is 560. The topological polar surface area (TPSA) is 45.2 Å². The third-order valence-corrected chi connectivity index (χ3v) is 5.11. The van der Waals surface area contributed by atoms with Crippen LogP contribution in [0.15, 0.2) is 30.3 Å². The summed E-state index contributed by atoms with van der Waals surface area (Å²) in [6.07, 6.45) is 0. The van der Waals surface area contributed by atoms with E-state index in [1.807, 2.05) is 23.1 Å². The molecule has 0 N–H and O–H groups in total. The first kappa shape index (κ1) is 18.2. The molecule has 0 unspecified atom stereocenters. The fraction of sp³-hybridized carbons (Fsp3) is 0.632. The first-order chi connectivity index (χ1) is 12.1. The average Bonchev–Trinajstić information content (AvgIpc) is 2.88. The first-order valence-corrected chi connectivity index (χ1v) is 9.09. The molecule has 6 nitrogen and oxygen atoms in total. The van der Waals surface area contributed by atoms with Crippen LogP contribution in [0, 0.1) is 5.92 Å². The van der Waals surface area contributed by atoms with Crippen molar-refractivity contribution in [3.05, 3.63) is 35.9 Å². The molecule has 0 radical (unpaired) electrons. The smallest absolute Gasteiger partial charge is 0.344 e. The standard InChI is InChI=1S/C19H29N3O3/c1-15(2)18-17(14-20-9-11-25-12-10-20)22(24-3)19(23)21(18)13-16-7-5-4-6-8-16/h4-8,15,17-18H,9-14H2,1-3H3/t17-,18-/m0/s1. The van der Waals surface area contributed by atoms with Crippen molar-refractivity contribution in [2.75, 3.05) is 40.0 Å².